The lowest BCUT2D eigenvalue weighted by Gasteiger charge is -2.27. The van der Waals surface area contributed by atoms with E-state index in [0.717, 1.165) is 31.3 Å². The molecule has 1 aliphatic carbocycles. The van der Waals surface area contributed by atoms with E-state index in [4.69, 9.17) is 4.74 Å². The van der Waals surface area contributed by atoms with E-state index in [0.29, 0.717) is 6.10 Å². The molecule has 2 rings (SSSR count). The van der Waals surface area contributed by atoms with Crippen LogP contribution in [0.3, 0.4) is 0 Å². The zero-order valence-corrected chi connectivity index (χ0v) is 12.2. The lowest BCUT2D eigenvalue weighted by molar-refractivity contribution is 0.122. The Morgan fingerprint density at radius 3 is 3.11 bits per heavy atom. The fourth-order valence-electron chi connectivity index (χ4n) is 2.71. The summed E-state index contributed by atoms with van der Waals surface area (Å²) in [5.41, 5.74) is 1.18. The van der Waals surface area contributed by atoms with Crippen LogP contribution in [-0.2, 0) is 6.54 Å². The highest BCUT2D eigenvalue weighted by Crippen LogP contribution is 2.27. The third-order valence-electron chi connectivity index (χ3n) is 3.76. The minimum absolute atomic E-state index is 0.351. The van der Waals surface area contributed by atoms with E-state index in [1.54, 1.807) is 0 Å². The lowest BCUT2D eigenvalue weighted by atomic mass is 9.89. The van der Waals surface area contributed by atoms with Gasteiger partial charge in [-0.2, -0.15) is 0 Å². The molecule has 1 aromatic rings. The van der Waals surface area contributed by atoms with Crippen molar-refractivity contribution < 1.29 is 4.74 Å². The predicted molar refractivity (Wildman–Crippen MR) is 78.3 cm³/mol. The van der Waals surface area contributed by atoms with E-state index < -0.39 is 0 Å². The SMILES string of the molecule is CCCNCc1cccnc1OC1CCCC(C)C1. The number of hydrogen-bond donors (Lipinski definition) is 1. The van der Waals surface area contributed by atoms with Gasteiger partial charge >= 0.3 is 0 Å². The van der Waals surface area contributed by atoms with E-state index in [9.17, 15) is 0 Å². The molecule has 0 spiro atoms. The van der Waals surface area contributed by atoms with Crippen LogP contribution in [0.1, 0.15) is 51.5 Å². The summed E-state index contributed by atoms with van der Waals surface area (Å²) in [6, 6.07) is 4.09. The number of aromatic nitrogens is 1. The van der Waals surface area contributed by atoms with Gasteiger partial charge in [0.25, 0.3) is 0 Å². The summed E-state index contributed by atoms with van der Waals surface area (Å²) in [6.45, 7) is 6.38. The molecule has 1 saturated carbocycles. The standard InChI is InChI=1S/C16H26N2O/c1-3-9-17-12-14-7-5-10-18-16(14)19-15-8-4-6-13(2)11-15/h5,7,10,13,15,17H,3-4,6,8-9,11-12H2,1-2H3. The number of rotatable bonds is 6. The first-order valence-corrected chi connectivity index (χ1v) is 7.61. The van der Waals surface area contributed by atoms with E-state index in [1.165, 1.54) is 31.2 Å². The molecule has 0 saturated heterocycles. The monoisotopic (exact) mass is 262 g/mol. The number of nitrogens with one attached hydrogen (secondary N) is 1. The van der Waals surface area contributed by atoms with Crippen LogP contribution in [-0.4, -0.2) is 17.6 Å². The first-order valence-electron chi connectivity index (χ1n) is 7.61. The van der Waals surface area contributed by atoms with Crippen molar-refractivity contribution in [1.29, 1.82) is 0 Å². The molecule has 106 valence electrons. The highest BCUT2D eigenvalue weighted by molar-refractivity contribution is 5.25. The van der Waals surface area contributed by atoms with Crippen LogP contribution >= 0.6 is 0 Å². The second kappa shape index (κ2) is 7.49. The molecule has 2 unspecified atom stereocenters. The van der Waals surface area contributed by atoms with Crippen LogP contribution in [0.5, 0.6) is 5.88 Å². The van der Waals surface area contributed by atoms with Crippen LogP contribution in [0.4, 0.5) is 0 Å². The Hall–Kier alpha value is -1.09. The highest BCUT2D eigenvalue weighted by Gasteiger charge is 2.21. The minimum Gasteiger partial charge on any atom is -0.474 e. The number of ether oxygens (including phenoxy) is 1. The molecule has 3 heteroatoms. The molecule has 0 bridgehead atoms. The molecular formula is C16H26N2O. The van der Waals surface area contributed by atoms with Crippen molar-refractivity contribution in [3.63, 3.8) is 0 Å². The summed E-state index contributed by atoms with van der Waals surface area (Å²) in [5.74, 6) is 1.61. The van der Waals surface area contributed by atoms with Gasteiger partial charge in [-0.3, -0.25) is 0 Å². The molecule has 2 atom stereocenters. The van der Waals surface area contributed by atoms with Gasteiger partial charge in [-0.1, -0.05) is 26.3 Å². The maximum absolute atomic E-state index is 6.14. The Bertz CT molecular complexity index is 381. The molecule has 1 fully saturated rings. The average Bonchev–Trinajstić information content (AvgIpc) is 2.41. The number of pyridine rings is 1. The molecule has 0 radical (unpaired) electrons. The zero-order chi connectivity index (χ0) is 13.5. The summed E-state index contributed by atoms with van der Waals surface area (Å²) in [5, 5.41) is 3.42. The molecule has 0 aromatic carbocycles. The second-order valence-electron chi connectivity index (χ2n) is 5.66. The summed E-state index contributed by atoms with van der Waals surface area (Å²) < 4.78 is 6.14. The largest absolute Gasteiger partial charge is 0.474 e. The van der Waals surface area contributed by atoms with Crippen molar-refractivity contribution in [3.8, 4) is 5.88 Å². The molecule has 3 nitrogen and oxygen atoms in total. The molecule has 0 aliphatic heterocycles. The van der Waals surface area contributed by atoms with Gasteiger partial charge in [0.15, 0.2) is 0 Å². The van der Waals surface area contributed by atoms with Gasteiger partial charge in [0, 0.05) is 18.3 Å². The average molecular weight is 262 g/mol. The highest BCUT2D eigenvalue weighted by atomic mass is 16.5. The first kappa shape index (κ1) is 14.3. The number of nitrogens with zero attached hydrogens (tertiary/aromatic N) is 1. The molecule has 1 aromatic heterocycles. The van der Waals surface area contributed by atoms with Crippen LogP contribution in [0, 0.1) is 5.92 Å². The Morgan fingerprint density at radius 2 is 2.32 bits per heavy atom. The summed E-state index contributed by atoms with van der Waals surface area (Å²) in [6.07, 6.45) is 8.28. The fourth-order valence-corrected chi connectivity index (χ4v) is 2.71. The molecule has 19 heavy (non-hydrogen) atoms. The van der Waals surface area contributed by atoms with Crippen LogP contribution in [0.15, 0.2) is 18.3 Å². The quantitative estimate of drug-likeness (QED) is 0.796. The van der Waals surface area contributed by atoms with Gasteiger partial charge in [0.1, 0.15) is 6.10 Å². The van der Waals surface area contributed by atoms with Gasteiger partial charge in [-0.15, -0.1) is 0 Å². The van der Waals surface area contributed by atoms with E-state index in [2.05, 4.69) is 30.2 Å². The van der Waals surface area contributed by atoms with Crippen LogP contribution in [0.2, 0.25) is 0 Å². The van der Waals surface area contributed by atoms with E-state index in [-0.39, 0.29) is 0 Å². The van der Waals surface area contributed by atoms with Gasteiger partial charge in [-0.25, -0.2) is 4.98 Å². The van der Waals surface area contributed by atoms with Crippen molar-refractivity contribution in [1.82, 2.24) is 10.3 Å². The third kappa shape index (κ3) is 4.50. The Labute approximate surface area is 116 Å². The summed E-state index contributed by atoms with van der Waals surface area (Å²) in [4.78, 5) is 4.41. The second-order valence-corrected chi connectivity index (χ2v) is 5.66. The molecule has 0 amide bonds. The van der Waals surface area contributed by atoms with Crippen molar-refractivity contribution in [2.75, 3.05) is 6.54 Å². The normalized spacial score (nSPS) is 23.3. The molecule has 1 N–H and O–H groups in total. The predicted octanol–water partition coefficient (Wildman–Crippen LogP) is 3.54. The summed E-state index contributed by atoms with van der Waals surface area (Å²) >= 11 is 0. The Morgan fingerprint density at radius 1 is 1.42 bits per heavy atom. The van der Waals surface area contributed by atoms with Gasteiger partial charge in [-0.05, 0) is 44.2 Å². The van der Waals surface area contributed by atoms with E-state index >= 15 is 0 Å². The minimum atomic E-state index is 0.351. The van der Waals surface area contributed by atoms with E-state index in [1.807, 2.05) is 12.3 Å². The van der Waals surface area contributed by atoms with Gasteiger partial charge in [0.05, 0.1) is 0 Å². The zero-order valence-electron chi connectivity index (χ0n) is 12.2. The Balaban J connectivity index is 1.94. The number of hydrogen-bond acceptors (Lipinski definition) is 3. The van der Waals surface area contributed by atoms with Crippen molar-refractivity contribution in [2.45, 2.75) is 58.6 Å². The smallest absolute Gasteiger partial charge is 0.218 e. The molecule has 1 aliphatic rings. The van der Waals surface area contributed by atoms with Crippen LogP contribution in [0.25, 0.3) is 0 Å². The van der Waals surface area contributed by atoms with Crippen molar-refractivity contribution in [2.24, 2.45) is 5.92 Å². The van der Waals surface area contributed by atoms with Gasteiger partial charge in [0.2, 0.25) is 5.88 Å². The maximum atomic E-state index is 6.14. The topological polar surface area (TPSA) is 34.2 Å². The fraction of sp³-hybridized carbons (Fsp3) is 0.688. The first-order chi connectivity index (χ1) is 9.29. The van der Waals surface area contributed by atoms with Crippen LogP contribution < -0.4 is 10.1 Å². The molecule has 1 heterocycles. The molecular weight excluding hydrogens is 236 g/mol. The van der Waals surface area contributed by atoms with Gasteiger partial charge < -0.3 is 10.1 Å². The Kier molecular flexibility index (Phi) is 5.64. The lowest BCUT2D eigenvalue weighted by Crippen LogP contribution is -2.25. The van der Waals surface area contributed by atoms with Crippen molar-refractivity contribution >= 4 is 0 Å². The summed E-state index contributed by atoms with van der Waals surface area (Å²) in [7, 11) is 0. The third-order valence-corrected chi connectivity index (χ3v) is 3.76. The maximum Gasteiger partial charge on any atom is 0.218 e. The van der Waals surface area contributed by atoms with Crippen molar-refractivity contribution in [3.05, 3.63) is 23.9 Å².